The topological polar surface area (TPSA) is 99.5 Å². The van der Waals surface area contributed by atoms with Gasteiger partial charge in [-0.3, -0.25) is 4.79 Å². The van der Waals surface area contributed by atoms with Crippen LogP contribution in [-0.4, -0.2) is 26.5 Å². The van der Waals surface area contributed by atoms with Crippen molar-refractivity contribution in [3.05, 3.63) is 40.4 Å². The molecular weight excluding hydrogens is 280 g/mol. The van der Waals surface area contributed by atoms with E-state index in [2.05, 4.69) is 9.69 Å². The van der Waals surface area contributed by atoms with Gasteiger partial charge in [0.05, 0.1) is 10.6 Å². The SMILES string of the molecule is O=C1C[C@H](c2cccc(O)c2)c2snc(C(=O)O)c2N1. The predicted octanol–water partition coefficient (Wildman–Crippen LogP) is 2.02. The van der Waals surface area contributed by atoms with Crippen LogP contribution in [0, 0.1) is 0 Å². The number of hydrogen-bond acceptors (Lipinski definition) is 5. The first-order valence-corrected chi connectivity index (χ1v) is 6.65. The molecule has 0 aliphatic carbocycles. The van der Waals surface area contributed by atoms with Crippen LogP contribution in [0.4, 0.5) is 5.69 Å². The summed E-state index contributed by atoms with van der Waals surface area (Å²) in [7, 11) is 0. The Morgan fingerprint density at radius 2 is 2.25 bits per heavy atom. The highest BCUT2D eigenvalue weighted by Crippen LogP contribution is 2.42. The molecule has 0 saturated heterocycles. The molecule has 0 saturated carbocycles. The standard InChI is InChI=1S/C13H10N2O4S/c16-7-3-1-2-6(4-7)8-5-9(17)14-10-11(13(18)19)15-20-12(8)10/h1-4,8,16H,5H2,(H,14,17)(H,18,19)/t8-/m1/s1. The molecule has 7 heteroatoms. The quantitative estimate of drug-likeness (QED) is 0.785. The number of fused-ring (bicyclic) bond motifs is 1. The number of hydrogen-bond donors (Lipinski definition) is 3. The monoisotopic (exact) mass is 290 g/mol. The number of phenolic OH excluding ortho intramolecular Hbond substituents is 1. The molecule has 6 nitrogen and oxygen atoms in total. The molecule has 1 amide bonds. The maximum atomic E-state index is 11.8. The second-order valence-electron chi connectivity index (χ2n) is 4.48. The number of carbonyl (C=O) groups excluding carboxylic acids is 1. The van der Waals surface area contributed by atoms with Crippen LogP contribution >= 0.6 is 11.5 Å². The molecule has 1 aliphatic heterocycles. The van der Waals surface area contributed by atoms with E-state index in [1.54, 1.807) is 24.3 Å². The molecule has 1 aromatic carbocycles. The zero-order valence-corrected chi connectivity index (χ0v) is 11.0. The van der Waals surface area contributed by atoms with E-state index in [4.69, 9.17) is 5.11 Å². The van der Waals surface area contributed by atoms with E-state index >= 15 is 0 Å². The molecule has 1 aromatic heterocycles. The number of aromatic carboxylic acids is 1. The van der Waals surface area contributed by atoms with Crippen LogP contribution in [0.5, 0.6) is 5.75 Å². The van der Waals surface area contributed by atoms with Gasteiger partial charge in [0.1, 0.15) is 5.75 Å². The number of aromatic nitrogens is 1. The number of amides is 1. The maximum Gasteiger partial charge on any atom is 0.357 e. The van der Waals surface area contributed by atoms with Crippen LogP contribution in [0.1, 0.15) is 33.3 Å². The molecule has 102 valence electrons. The van der Waals surface area contributed by atoms with Gasteiger partial charge >= 0.3 is 5.97 Å². The molecule has 3 N–H and O–H groups in total. The van der Waals surface area contributed by atoms with E-state index in [1.807, 2.05) is 0 Å². The van der Waals surface area contributed by atoms with Gasteiger partial charge in [0, 0.05) is 12.3 Å². The fourth-order valence-corrected chi connectivity index (χ4v) is 3.23. The average Bonchev–Trinajstić information content (AvgIpc) is 2.81. The smallest absolute Gasteiger partial charge is 0.357 e. The molecule has 0 bridgehead atoms. The second-order valence-corrected chi connectivity index (χ2v) is 5.28. The Morgan fingerprint density at radius 1 is 1.45 bits per heavy atom. The number of carboxylic acid groups (broad SMARTS) is 1. The van der Waals surface area contributed by atoms with Crippen LogP contribution in [-0.2, 0) is 4.79 Å². The van der Waals surface area contributed by atoms with Gasteiger partial charge in [-0.25, -0.2) is 4.79 Å². The molecule has 0 spiro atoms. The molecule has 20 heavy (non-hydrogen) atoms. The zero-order chi connectivity index (χ0) is 14.3. The summed E-state index contributed by atoms with van der Waals surface area (Å²) in [4.78, 5) is 23.6. The van der Waals surface area contributed by atoms with Gasteiger partial charge in [-0.05, 0) is 29.2 Å². The lowest BCUT2D eigenvalue weighted by Crippen LogP contribution is -2.23. The van der Waals surface area contributed by atoms with Crippen molar-refractivity contribution in [3.8, 4) is 5.75 Å². The second kappa shape index (κ2) is 4.61. The lowest BCUT2D eigenvalue weighted by atomic mass is 9.90. The zero-order valence-electron chi connectivity index (χ0n) is 10.2. The van der Waals surface area contributed by atoms with E-state index in [1.165, 1.54) is 0 Å². The lowest BCUT2D eigenvalue weighted by molar-refractivity contribution is -0.116. The number of carboxylic acids is 1. The van der Waals surface area contributed by atoms with Crippen molar-refractivity contribution in [2.24, 2.45) is 0 Å². The van der Waals surface area contributed by atoms with Gasteiger partial charge < -0.3 is 15.5 Å². The van der Waals surface area contributed by atoms with E-state index in [-0.39, 0.29) is 35.4 Å². The summed E-state index contributed by atoms with van der Waals surface area (Å²) in [6.07, 6.45) is 0.206. The number of anilines is 1. The predicted molar refractivity (Wildman–Crippen MR) is 72.3 cm³/mol. The summed E-state index contributed by atoms with van der Waals surface area (Å²) in [6, 6.07) is 6.61. The molecular formula is C13H10N2O4S. The van der Waals surface area contributed by atoms with Gasteiger partial charge in [0.25, 0.3) is 0 Å². The van der Waals surface area contributed by atoms with E-state index < -0.39 is 5.97 Å². The van der Waals surface area contributed by atoms with Crippen molar-refractivity contribution >= 4 is 29.1 Å². The van der Waals surface area contributed by atoms with Crippen LogP contribution in [0.3, 0.4) is 0 Å². The first-order valence-electron chi connectivity index (χ1n) is 5.88. The van der Waals surface area contributed by atoms with Gasteiger partial charge in [-0.2, -0.15) is 4.37 Å². The number of rotatable bonds is 2. The Kier molecular flexibility index (Phi) is 2.90. The Balaban J connectivity index is 2.11. The number of carbonyl (C=O) groups is 2. The Labute approximate surface area is 117 Å². The molecule has 3 rings (SSSR count). The highest BCUT2D eigenvalue weighted by Gasteiger charge is 2.33. The lowest BCUT2D eigenvalue weighted by Gasteiger charge is -2.22. The van der Waals surface area contributed by atoms with Crippen molar-refractivity contribution in [2.75, 3.05) is 5.32 Å². The summed E-state index contributed by atoms with van der Waals surface area (Å²) in [5.74, 6) is -1.60. The summed E-state index contributed by atoms with van der Waals surface area (Å²) in [5.41, 5.74) is 0.900. The number of phenols is 1. The molecule has 0 radical (unpaired) electrons. The summed E-state index contributed by atoms with van der Waals surface area (Å²) in [5, 5.41) is 21.2. The van der Waals surface area contributed by atoms with Gasteiger partial charge in [-0.1, -0.05) is 12.1 Å². The Morgan fingerprint density at radius 3 is 2.95 bits per heavy atom. The number of benzene rings is 1. The van der Waals surface area contributed by atoms with Gasteiger partial charge in [0.2, 0.25) is 5.91 Å². The van der Waals surface area contributed by atoms with E-state index in [0.29, 0.717) is 4.88 Å². The largest absolute Gasteiger partial charge is 0.508 e. The van der Waals surface area contributed by atoms with E-state index in [0.717, 1.165) is 17.1 Å². The highest BCUT2D eigenvalue weighted by atomic mass is 32.1. The van der Waals surface area contributed by atoms with Crippen molar-refractivity contribution in [3.63, 3.8) is 0 Å². The number of nitrogens with one attached hydrogen (secondary N) is 1. The van der Waals surface area contributed by atoms with Gasteiger partial charge in [0.15, 0.2) is 5.69 Å². The average molecular weight is 290 g/mol. The third-order valence-electron chi connectivity index (χ3n) is 3.16. The minimum Gasteiger partial charge on any atom is -0.508 e. The Bertz CT molecular complexity index is 710. The van der Waals surface area contributed by atoms with Crippen LogP contribution in [0.25, 0.3) is 0 Å². The van der Waals surface area contributed by atoms with Crippen LogP contribution < -0.4 is 5.32 Å². The minimum absolute atomic E-state index is 0.109. The van der Waals surface area contributed by atoms with Crippen LogP contribution in [0.15, 0.2) is 24.3 Å². The molecule has 2 aromatic rings. The first-order chi connectivity index (χ1) is 9.56. The molecule has 1 aliphatic rings. The number of nitrogens with zero attached hydrogens (tertiary/aromatic N) is 1. The van der Waals surface area contributed by atoms with Crippen molar-refractivity contribution in [1.29, 1.82) is 0 Å². The highest BCUT2D eigenvalue weighted by molar-refractivity contribution is 7.06. The van der Waals surface area contributed by atoms with E-state index in [9.17, 15) is 14.7 Å². The molecule has 1 atom stereocenters. The maximum absolute atomic E-state index is 11.8. The Hall–Kier alpha value is -2.41. The summed E-state index contributed by atoms with van der Waals surface area (Å²) >= 11 is 1.06. The van der Waals surface area contributed by atoms with Crippen molar-refractivity contribution in [1.82, 2.24) is 4.37 Å². The first kappa shape index (κ1) is 12.6. The molecule has 0 fully saturated rings. The molecule has 2 heterocycles. The third kappa shape index (κ3) is 2.01. The van der Waals surface area contributed by atoms with Gasteiger partial charge in [-0.15, -0.1) is 0 Å². The summed E-state index contributed by atoms with van der Waals surface area (Å²) in [6.45, 7) is 0. The number of aromatic hydroxyl groups is 1. The van der Waals surface area contributed by atoms with Crippen LogP contribution in [0.2, 0.25) is 0 Å². The summed E-state index contributed by atoms with van der Waals surface area (Å²) < 4.78 is 3.89. The van der Waals surface area contributed by atoms with Crippen molar-refractivity contribution in [2.45, 2.75) is 12.3 Å². The fraction of sp³-hybridized carbons (Fsp3) is 0.154. The molecule has 0 unspecified atom stereocenters. The third-order valence-corrected chi connectivity index (χ3v) is 4.12. The minimum atomic E-state index is -1.17. The van der Waals surface area contributed by atoms with Crippen molar-refractivity contribution < 1.29 is 19.8 Å². The normalized spacial score (nSPS) is 17.4. The fourth-order valence-electron chi connectivity index (χ4n) is 2.29.